The highest BCUT2D eigenvalue weighted by Gasteiger charge is 2.46. The average Bonchev–Trinajstić information content (AvgIpc) is 2.00. The summed E-state index contributed by atoms with van der Waals surface area (Å²) >= 11 is 0. The van der Waals surface area contributed by atoms with Gasteiger partial charge in [0, 0.05) is 25.2 Å². The van der Waals surface area contributed by atoms with E-state index in [0.717, 1.165) is 6.42 Å². The Kier molecular flexibility index (Phi) is 1.80. The van der Waals surface area contributed by atoms with E-state index < -0.39 is 12.7 Å². The molecule has 1 N–H and O–H groups in total. The number of fused-ring (bicyclic) bond motifs is 2. The van der Waals surface area contributed by atoms with Crippen LogP contribution in [0, 0.1) is 0 Å². The van der Waals surface area contributed by atoms with Crippen molar-refractivity contribution in [2.24, 2.45) is 0 Å². The van der Waals surface area contributed by atoms with Gasteiger partial charge in [0.15, 0.2) is 0 Å². The first-order valence-corrected chi connectivity index (χ1v) is 4.09. The number of halogens is 3. The van der Waals surface area contributed by atoms with Crippen molar-refractivity contribution in [2.45, 2.75) is 24.7 Å². The van der Waals surface area contributed by atoms with Crippen LogP contribution in [0.25, 0.3) is 0 Å². The first-order valence-electron chi connectivity index (χ1n) is 4.09. The molecule has 3 aliphatic heterocycles. The molecule has 2 bridgehead atoms. The highest BCUT2D eigenvalue weighted by atomic mass is 19.4. The average molecular weight is 180 g/mol. The van der Waals surface area contributed by atoms with Gasteiger partial charge in [-0.1, -0.05) is 0 Å². The lowest BCUT2D eigenvalue weighted by Crippen LogP contribution is -2.69. The van der Waals surface area contributed by atoms with E-state index in [-0.39, 0.29) is 12.1 Å². The van der Waals surface area contributed by atoms with Crippen molar-refractivity contribution in [3.05, 3.63) is 0 Å². The van der Waals surface area contributed by atoms with Gasteiger partial charge in [-0.2, -0.15) is 13.2 Å². The Bertz CT molecular complexity index is 166. The second-order valence-electron chi connectivity index (χ2n) is 3.49. The predicted molar refractivity (Wildman–Crippen MR) is 37.8 cm³/mol. The molecule has 5 heteroatoms. The molecule has 2 atom stereocenters. The Hall–Kier alpha value is -0.290. The molecule has 0 spiro atoms. The van der Waals surface area contributed by atoms with Crippen LogP contribution in [0.1, 0.15) is 6.42 Å². The Morgan fingerprint density at radius 2 is 1.83 bits per heavy atom. The molecule has 3 heterocycles. The number of rotatable bonds is 1. The maximum absolute atomic E-state index is 12.0. The first kappa shape index (κ1) is 8.31. The molecule has 0 amide bonds. The molecular weight excluding hydrogens is 169 g/mol. The van der Waals surface area contributed by atoms with Crippen molar-refractivity contribution in [1.82, 2.24) is 10.2 Å². The molecule has 12 heavy (non-hydrogen) atoms. The van der Waals surface area contributed by atoms with Crippen molar-refractivity contribution >= 4 is 0 Å². The molecule has 2 unspecified atom stereocenters. The number of hydrogen-bond acceptors (Lipinski definition) is 2. The SMILES string of the molecule is FC(F)(F)CN1C2CNCC1C2. The molecular formula is C7H11F3N2. The minimum absolute atomic E-state index is 0.130. The monoisotopic (exact) mass is 180 g/mol. The molecule has 0 radical (unpaired) electrons. The topological polar surface area (TPSA) is 15.3 Å². The molecule has 0 aromatic heterocycles. The smallest absolute Gasteiger partial charge is 0.314 e. The molecule has 3 fully saturated rings. The lowest BCUT2D eigenvalue weighted by Gasteiger charge is -2.53. The van der Waals surface area contributed by atoms with Crippen molar-refractivity contribution in [3.8, 4) is 0 Å². The van der Waals surface area contributed by atoms with Crippen LogP contribution in [0.3, 0.4) is 0 Å². The number of nitrogens with one attached hydrogen (secondary N) is 1. The predicted octanol–water partition coefficient (Wildman–Crippen LogP) is 0.595. The van der Waals surface area contributed by atoms with Gasteiger partial charge in [0.05, 0.1) is 6.54 Å². The van der Waals surface area contributed by atoms with Crippen LogP contribution in [0.15, 0.2) is 0 Å². The number of nitrogens with zero attached hydrogens (tertiary/aromatic N) is 1. The summed E-state index contributed by atoms with van der Waals surface area (Å²) in [7, 11) is 0. The fourth-order valence-electron chi connectivity index (χ4n) is 2.03. The maximum atomic E-state index is 12.0. The van der Waals surface area contributed by atoms with Gasteiger partial charge in [-0.05, 0) is 6.42 Å². The van der Waals surface area contributed by atoms with Gasteiger partial charge in [0.2, 0.25) is 0 Å². The Balaban J connectivity index is 1.90. The zero-order valence-corrected chi connectivity index (χ0v) is 6.56. The summed E-state index contributed by atoms with van der Waals surface area (Å²) in [6.07, 6.45) is -3.10. The van der Waals surface area contributed by atoms with Crippen LogP contribution in [-0.2, 0) is 0 Å². The third-order valence-electron chi connectivity index (χ3n) is 2.60. The summed E-state index contributed by atoms with van der Waals surface area (Å²) in [5.74, 6) is 0. The van der Waals surface area contributed by atoms with E-state index in [1.165, 1.54) is 0 Å². The molecule has 3 rings (SSSR count). The van der Waals surface area contributed by atoms with E-state index in [4.69, 9.17) is 0 Å². The van der Waals surface area contributed by atoms with Crippen LogP contribution in [0.5, 0.6) is 0 Å². The minimum Gasteiger partial charge on any atom is -0.314 e. The molecule has 0 aromatic rings. The number of alkyl halides is 3. The molecule has 0 aliphatic carbocycles. The summed E-state index contributed by atoms with van der Waals surface area (Å²) in [6, 6.07) is 0.260. The summed E-state index contributed by atoms with van der Waals surface area (Å²) in [5, 5.41) is 3.09. The summed E-state index contributed by atoms with van der Waals surface area (Å²) in [5.41, 5.74) is 0. The lowest BCUT2D eigenvalue weighted by molar-refractivity contribution is -0.177. The zero-order chi connectivity index (χ0) is 8.77. The van der Waals surface area contributed by atoms with Gasteiger partial charge in [0.1, 0.15) is 0 Å². The van der Waals surface area contributed by atoms with E-state index in [1.807, 2.05) is 0 Å². The van der Waals surface area contributed by atoms with E-state index in [0.29, 0.717) is 13.1 Å². The molecule has 2 nitrogen and oxygen atoms in total. The van der Waals surface area contributed by atoms with Crippen molar-refractivity contribution in [3.63, 3.8) is 0 Å². The second kappa shape index (κ2) is 2.60. The fraction of sp³-hybridized carbons (Fsp3) is 1.00. The number of piperidine rings is 1. The van der Waals surface area contributed by atoms with Crippen LogP contribution in [0.4, 0.5) is 13.2 Å². The number of piperazine rings is 1. The highest BCUT2D eigenvalue weighted by molar-refractivity contribution is 4.99. The molecule has 0 aromatic carbocycles. The largest absolute Gasteiger partial charge is 0.401 e. The van der Waals surface area contributed by atoms with Crippen molar-refractivity contribution in [1.29, 1.82) is 0 Å². The van der Waals surface area contributed by atoms with Gasteiger partial charge < -0.3 is 5.32 Å². The van der Waals surface area contributed by atoms with Crippen LogP contribution in [-0.4, -0.2) is 42.8 Å². The van der Waals surface area contributed by atoms with Gasteiger partial charge in [-0.3, -0.25) is 4.90 Å². The lowest BCUT2D eigenvalue weighted by atomic mass is 9.89. The van der Waals surface area contributed by atoms with Gasteiger partial charge in [0.25, 0.3) is 0 Å². The third kappa shape index (κ3) is 1.43. The Morgan fingerprint density at radius 1 is 1.25 bits per heavy atom. The Morgan fingerprint density at radius 3 is 2.25 bits per heavy atom. The second-order valence-corrected chi connectivity index (χ2v) is 3.49. The zero-order valence-electron chi connectivity index (χ0n) is 6.56. The molecule has 0 saturated carbocycles. The summed E-state index contributed by atoms with van der Waals surface area (Å²) < 4.78 is 35.9. The van der Waals surface area contributed by atoms with Crippen LogP contribution >= 0.6 is 0 Å². The first-order chi connectivity index (χ1) is 5.56. The van der Waals surface area contributed by atoms with E-state index in [2.05, 4.69) is 5.32 Å². The quantitative estimate of drug-likeness (QED) is 0.635. The van der Waals surface area contributed by atoms with E-state index in [1.54, 1.807) is 4.90 Å². The molecule has 3 aliphatic rings. The van der Waals surface area contributed by atoms with Gasteiger partial charge >= 0.3 is 6.18 Å². The maximum Gasteiger partial charge on any atom is 0.401 e. The van der Waals surface area contributed by atoms with Crippen molar-refractivity contribution < 1.29 is 13.2 Å². The van der Waals surface area contributed by atoms with Crippen LogP contribution in [0.2, 0.25) is 0 Å². The normalized spacial score (nSPS) is 36.2. The highest BCUT2D eigenvalue weighted by Crippen LogP contribution is 2.31. The van der Waals surface area contributed by atoms with Gasteiger partial charge in [-0.15, -0.1) is 0 Å². The third-order valence-corrected chi connectivity index (χ3v) is 2.60. The van der Waals surface area contributed by atoms with E-state index >= 15 is 0 Å². The number of hydrogen-bond donors (Lipinski definition) is 1. The standard InChI is InChI=1S/C7H11F3N2/c8-7(9,10)4-12-5-1-6(12)3-11-2-5/h5-6,11H,1-4H2. The summed E-state index contributed by atoms with van der Waals surface area (Å²) in [6.45, 7) is 0.698. The Labute approximate surface area is 68.7 Å². The molecule has 70 valence electrons. The minimum atomic E-state index is -4.03. The van der Waals surface area contributed by atoms with Gasteiger partial charge in [-0.25, -0.2) is 0 Å². The fourth-order valence-corrected chi connectivity index (χ4v) is 2.03. The van der Waals surface area contributed by atoms with Crippen molar-refractivity contribution in [2.75, 3.05) is 19.6 Å². The van der Waals surface area contributed by atoms with E-state index in [9.17, 15) is 13.2 Å². The molecule has 3 saturated heterocycles. The van der Waals surface area contributed by atoms with Crippen LogP contribution < -0.4 is 5.32 Å². The summed E-state index contributed by atoms with van der Waals surface area (Å²) in [4.78, 5) is 1.55.